The lowest BCUT2D eigenvalue weighted by molar-refractivity contribution is -0.113. The van der Waals surface area contributed by atoms with Gasteiger partial charge in [0.1, 0.15) is 12.4 Å². The first-order valence-electron chi connectivity index (χ1n) is 15.1. The number of aryl methyl sites for hydroxylation is 2. The predicted molar refractivity (Wildman–Crippen MR) is 175 cm³/mol. The monoisotopic (exact) mass is 598 g/mol. The van der Waals surface area contributed by atoms with Gasteiger partial charge >= 0.3 is 0 Å². The number of rotatable bonds is 17. The van der Waals surface area contributed by atoms with Crippen LogP contribution in [0.1, 0.15) is 55.5 Å². The van der Waals surface area contributed by atoms with Crippen molar-refractivity contribution in [2.75, 3.05) is 19.8 Å². The molecule has 0 spiro atoms. The van der Waals surface area contributed by atoms with Crippen LogP contribution in [0.4, 0.5) is 0 Å². The average molecular weight is 599 g/mol. The van der Waals surface area contributed by atoms with Crippen molar-refractivity contribution in [3.8, 4) is 16.9 Å². The van der Waals surface area contributed by atoms with Crippen molar-refractivity contribution in [2.45, 2.75) is 63.6 Å². The molecule has 4 rings (SSSR count). The standard InChI is InChI=1S/C36H42N2O4S/c1-4-6-20-41-21-22-42-35-15-12-30(13-16-35)32-10-7-28(3)31(24-32)11-14-34(39)23-29-8-17-36(18-9-29)43(40)26-33-25-37-27-38(33)19-5-2/h7-18,24-25,27H,4-6,19-23,26H2,1-3H3/b14-11+. The van der Waals surface area contributed by atoms with Gasteiger partial charge in [-0.3, -0.25) is 9.00 Å². The van der Waals surface area contributed by atoms with E-state index in [4.69, 9.17) is 9.47 Å². The second-order valence-corrected chi connectivity index (χ2v) is 12.0. The molecule has 0 fully saturated rings. The van der Waals surface area contributed by atoms with E-state index < -0.39 is 10.8 Å². The van der Waals surface area contributed by atoms with Gasteiger partial charge in [-0.05, 0) is 84.0 Å². The highest BCUT2D eigenvalue weighted by atomic mass is 32.2. The zero-order valence-electron chi connectivity index (χ0n) is 25.5. The summed E-state index contributed by atoms with van der Waals surface area (Å²) >= 11 is 0. The Kier molecular flexibility index (Phi) is 12.5. The van der Waals surface area contributed by atoms with Gasteiger partial charge in [-0.25, -0.2) is 4.98 Å². The second-order valence-electron chi connectivity index (χ2n) is 10.6. The Hall–Kier alpha value is -3.81. The number of unbranched alkanes of at least 4 members (excludes halogenated alkanes) is 1. The molecule has 226 valence electrons. The minimum atomic E-state index is -1.17. The number of imidazole rings is 1. The average Bonchev–Trinajstić information content (AvgIpc) is 3.45. The minimum Gasteiger partial charge on any atom is -0.491 e. The molecule has 1 aromatic heterocycles. The molecule has 0 amide bonds. The van der Waals surface area contributed by atoms with Crippen molar-refractivity contribution in [1.29, 1.82) is 0 Å². The fourth-order valence-corrected chi connectivity index (χ4v) is 5.76. The number of nitrogens with zero attached hydrogens (tertiary/aromatic N) is 2. The quantitative estimate of drug-likeness (QED) is 0.0925. The van der Waals surface area contributed by atoms with Gasteiger partial charge in [0.25, 0.3) is 0 Å². The van der Waals surface area contributed by atoms with Crippen LogP contribution >= 0.6 is 0 Å². The van der Waals surface area contributed by atoms with E-state index in [9.17, 15) is 9.00 Å². The lowest BCUT2D eigenvalue weighted by Gasteiger charge is -2.09. The van der Waals surface area contributed by atoms with Gasteiger partial charge in [0, 0.05) is 30.7 Å². The first-order chi connectivity index (χ1) is 21.0. The van der Waals surface area contributed by atoms with Gasteiger partial charge in [0.15, 0.2) is 5.78 Å². The molecule has 6 nitrogen and oxygen atoms in total. The third-order valence-corrected chi connectivity index (χ3v) is 8.52. The molecule has 0 aliphatic rings. The van der Waals surface area contributed by atoms with E-state index in [-0.39, 0.29) is 12.2 Å². The van der Waals surface area contributed by atoms with Crippen LogP contribution in [0, 0.1) is 6.92 Å². The number of hydrogen-bond donors (Lipinski definition) is 0. The molecule has 0 saturated heterocycles. The first kappa shape index (κ1) is 32.1. The van der Waals surface area contributed by atoms with Gasteiger partial charge in [-0.1, -0.05) is 62.7 Å². The van der Waals surface area contributed by atoms with E-state index in [1.54, 1.807) is 18.6 Å². The number of aromatic nitrogens is 2. The topological polar surface area (TPSA) is 70.4 Å². The summed E-state index contributed by atoms with van der Waals surface area (Å²) < 4.78 is 26.3. The molecule has 0 radical (unpaired) electrons. The third kappa shape index (κ3) is 9.87. The number of ketones is 1. The number of carbonyl (C=O) groups excluding carboxylic acids is 1. The fraction of sp³-hybridized carbons (Fsp3) is 0.333. The molecule has 0 saturated carbocycles. The van der Waals surface area contributed by atoms with E-state index in [0.717, 1.165) is 76.6 Å². The molecule has 0 aliphatic carbocycles. The van der Waals surface area contributed by atoms with Crippen molar-refractivity contribution >= 4 is 22.7 Å². The Morgan fingerprint density at radius 2 is 1.70 bits per heavy atom. The Labute approximate surface area is 258 Å². The van der Waals surface area contributed by atoms with E-state index in [1.165, 1.54) is 0 Å². The Balaban J connectivity index is 1.31. The van der Waals surface area contributed by atoms with Crippen LogP contribution in [0.3, 0.4) is 0 Å². The highest BCUT2D eigenvalue weighted by Gasteiger charge is 2.10. The van der Waals surface area contributed by atoms with Gasteiger partial charge in [0.2, 0.25) is 0 Å². The maximum Gasteiger partial charge on any atom is 0.160 e. The van der Waals surface area contributed by atoms with Gasteiger partial charge in [0.05, 0.1) is 35.2 Å². The van der Waals surface area contributed by atoms with Crippen LogP contribution in [-0.4, -0.2) is 39.4 Å². The summed E-state index contributed by atoms with van der Waals surface area (Å²) in [5, 5.41) is 0. The maximum atomic E-state index is 12.9. The molecule has 7 heteroatoms. The zero-order chi connectivity index (χ0) is 30.4. The SMILES string of the molecule is CCCCOCCOc1ccc(-c2ccc(C)c(/C=C/C(=O)Cc3ccc(S(=O)Cc4cncn4CCC)cc3)c2)cc1. The molecule has 1 heterocycles. The van der Waals surface area contributed by atoms with Gasteiger partial charge in [-0.15, -0.1) is 0 Å². The zero-order valence-corrected chi connectivity index (χ0v) is 26.3. The van der Waals surface area contributed by atoms with E-state index in [1.807, 2.05) is 66.1 Å². The maximum absolute atomic E-state index is 12.9. The number of allylic oxidation sites excluding steroid dienone is 1. The van der Waals surface area contributed by atoms with Crippen LogP contribution in [-0.2, 0) is 39.0 Å². The Bertz CT molecular complexity index is 1510. The molecular weight excluding hydrogens is 556 g/mol. The number of carbonyl (C=O) groups is 1. The molecule has 3 aromatic carbocycles. The smallest absolute Gasteiger partial charge is 0.160 e. The molecule has 1 unspecified atom stereocenters. The second kappa shape index (κ2) is 16.7. The summed E-state index contributed by atoms with van der Waals surface area (Å²) in [6.45, 7) is 9.07. The summed E-state index contributed by atoms with van der Waals surface area (Å²) in [5.74, 6) is 1.26. The molecule has 0 N–H and O–H groups in total. The van der Waals surface area contributed by atoms with Crippen molar-refractivity contribution in [3.63, 3.8) is 0 Å². The number of ether oxygens (including phenoxy) is 2. The highest BCUT2D eigenvalue weighted by molar-refractivity contribution is 7.84. The lowest BCUT2D eigenvalue weighted by Crippen LogP contribution is -2.07. The van der Waals surface area contributed by atoms with Crippen LogP contribution in [0.15, 0.2) is 90.2 Å². The summed E-state index contributed by atoms with van der Waals surface area (Å²) in [4.78, 5) is 17.7. The molecule has 0 bridgehead atoms. The van der Waals surface area contributed by atoms with Crippen LogP contribution in [0.25, 0.3) is 17.2 Å². The van der Waals surface area contributed by atoms with Gasteiger partial charge in [-0.2, -0.15) is 0 Å². The summed E-state index contributed by atoms with van der Waals surface area (Å²) in [6, 6.07) is 21.8. The minimum absolute atomic E-state index is 0.0160. The van der Waals surface area contributed by atoms with Crippen LogP contribution < -0.4 is 4.74 Å². The number of hydrogen-bond acceptors (Lipinski definition) is 5. The highest BCUT2D eigenvalue weighted by Crippen LogP contribution is 2.25. The molecule has 43 heavy (non-hydrogen) atoms. The molecule has 0 aliphatic heterocycles. The van der Waals surface area contributed by atoms with Crippen molar-refractivity contribution in [2.24, 2.45) is 0 Å². The summed E-state index contributed by atoms with van der Waals surface area (Å²) in [6.07, 6.45) is 10.6. The van der Waals surface area contributed by atoms with Crippen LogP contribution in [0.5, 0.6) is 5.75 Å². The van der Waals surface area contributed by atoms with E-state index in [0.29, 0.717) is 19.0 Å². The van der Waals surface area contributed by atoms with Gasteiger partial charge < -0.3 is 14.0 Å². The number of benzene rings is 3. The Morgan fingerprint density at radius 1 is 0.930 bits per heavy atom. The summed E-state index contributed by atoms with van der Waals surface area (Å²) in [5.41, 5.74) is 6.13. The first-order valence-corrected chi connectivity index (χ1v) is 16.4. The molecular formula is C36H42N2O4S. The fourth-order valence-electron chi connectivity index (χ4n) is 4.64. The van der Waals surface area contributed by atoms with Crippen molar-refractivity contribution in [1.82, 2.24) is 9.55 Å². The predicted octanol–water partition coefficient (Wildman–Crippen LogP) is 7.60. The Morgan fingerprint density at radius 3 is 2.44 bits per heavy atom. The normalized spacial score (nSPS) is 12.1. The van der Waals surface area contributed by atoms with Crippen LogP contribution in [0.2, 0.25) is 0 Å². The summed E-state index contributed by atoms with van der Waals surface area (Å²) in [7, 11) is -1.17. The lowest BCUT2D eigenvalue weighted by atomic mass is 9.99. The van der Waals surface area contributed by atoms with Crippen molar-refractivity contribution < 1.29 is 18.5 Å². The largest absolute Gasteiger partial charge is 0.491 e. The van der Waals surface area contributed by atoms with Crippen molar-refractivity contribution in [3.05, 3.63) is 108 Å². The third-order valence-electron chi connectivity index (χ3n) is 7.16. The molecule has 4 aromatic rings. The van der Waals surface area contributed by atoms with E-state index in [2.05, 4.69) is 37.0 Å². The van der Waals surface area contributed by atoms with E-state index >= 15 is 0 Å². The molecule has 1 atom stereocenters.